The predicted molar refractivity (Wildman–Crippen MR) is 83.1 cm³/mol. The maximum Gasteiger partial charge on any atom is 0.290 e. The number of hydroxylamine groups is 2. The van der Waals surface area contributed by atoms with Crippen LogP contribution in [0.5, 0.6) is 0 Å². The molecule has 0 saturated carbocycles. The van der Waals surface area contributed by atoms with E-state index in [1.54, 1.807) is 11.9 Å². The first kappa shape index (κ1) is 16.0. The number of methoxy groups -OCH3 is 1. The van der Waals surface area contributed by atoms with E-state index in [2.05, 4.69) is 4.98 Å². The summed E-state index contributed by atoms with van der Waals surface area (Å²) in [5, 5.41) is 23.7. The third kappa shape index (κ3) is 2.31. The second-order valence-corrected chi connectivity index (χ2v) is 7.92. The van der Waals surface area contributed by atoms with E-state index in [1.165, 1.54) is 7.11 Å². The second kappa shape index (κ2) is 5.05. The number of likely N-dealkylation sites (N-methyl/N-ethyl adjacent to an activating group) is 1. The Kier molecular flexibility index (Phi) is 3.67. The van der Waals surface area contributed by atoms with E-state index < -0.39 is 17.1 Å². The van der Waals surface area contributed by atoms with Gasteiger partial charge in [0.1, 0.15) is 6.67 Å². The Labute approximate surface area is 133 Å². The lowest BCUT2D eigenvalue weighted by atomic mass is 9.78. The van der Waals surface area contributed by atoms with Crippen molar-refractivity contribution in [3.05, 3.63) is 15.8 Å². The molecule has 0 amide bonds. The van der Waals surface area contributed by atoms with Crippen LogP contribution >= 0.6 is 11.3 Å². The molecular weight excluding hydrogens is 306 g/mol. The van der Waals surface area contributed by atoms with Gasteiger partial charge in [-0.1, -0.05) is 25.2 Å². The molecule has 1 N–H and O–H groups in total. The Balaban J connectivity index is 1.99. The topological polar surface area (TPSA) is 85.7 Å². The van der Waals surface area contributed by atoms with Crippen LogP contribution in [0, 0.1) is 10.6 Å². The van der Waals surface area contributed by atoms with E-state index in [9.17, 15) is 15.1 Å². The van der Waals surface area contributed by atoms with Gasteiger partial charge in [-0.25, -0.2) is 4.90 Å². The first-order valence-corrected chi connectivity index (χ1v) is 8.03. The second-order valence-electron chi connectivity index (χ2n) is 6.95. The molecule has 0 radical (unpaired) electrons. The van der Waals surface area contributed by atoms with Crippen LogP contribution in [0.25, 0.3) is 0 Å². The summed E-state index contributed by atoms with van der Waals surface area (Å²) < 4.78 is 4.19. The molecule has 1 aromatic heterocycles. The Morgan fingerprint density at radius 1 is 1.50 bits per heavy atom. The number of aromatic nitrogens is 1. The third-order valence-corrected chi connectivity index (χ3v) is 5.59. The van der Waals surface area contributed by atoms with Crippen LogP contribution in [0.15, 0.2) is 0 Å². The average Bonchev–Trinajstić information content (AvgIpc) is 2.90. The van der Waals surface area contributed by atoms with Crippen molar-refractivity contribution < 1.29 is 14.6 Å². The fourth-order valence-corrected chi connectivity index (χ4v) is 4.35. The lowest BCUT2D eigenvalue weighted by Crippen LogP contribution is -2.50. The van der Waals surface area contributed by atoms with Gasteiger partial charge in [-0.15, -0.1) is 0 Å². The van der Waals surface area contributed by atoms with Crippen LogP contribution in [0.2, 0.25) is 0 Å². The number of aliphatic hydroxyl groups excluding tert-OH is 1. The normalized spacial score (nSPS) is 34.9. The number of fused-ring (bicyclic) bond motifs is 1. The van der Waals surface area contributed by atoms with E-state index in [4.69, 9.17) is 4.74 Å². The smallest absolute Gasteiger partial charge is 0.290 e. The van der Waals surface area contributed by atoms with Gasteiger partial charge in [0.2, 0.25) is 6.23 Å². The van der Waals surface area contributed by atoms with Crippen LogP contribution in [0.3, 0.4) is 0 Å². The lowest BCUT2D eigenvalue weighted by Gasteiger charge is -2.37. The number of ketones is 1. The molecule has 1 aromatic rings. The van der Waals surface area contributed by atoms with E-state index >= 15 is 0 Å². The molecule has 1 fully saturated rings. The summed E-state index contributed by atoms with van der Waals surface area (Å²) in [5.41, 5.74) is 0.545. The minimum atomic E-state index is -1.27. The number of quaternary nitrogens is 1. The molecule has 0 bridgehead atoms. The van der Waals surface area contributed by atoms with Crippen molar-refractivity contribution in [3.63, 3.8) is 0 Å². The number of hydrogen-bond acceptors (Lipinski definition) is 7. The lowest BCUT2D eigenvalue weighted by molar-refractivity contribution is -0.0742. The highest BCUT2D eigenvalue weighted by Crippen LogP contribution is 2.43. The number of carbonyl (C=O) groups is 1. The Morgan fingerprint density at radius 2 is 2.18 bits per heavy atom. The van der Waals surface area contributed by atoms with Crippen molar-refractivity contribution in [2.45, 2.75) is 39.1 Å². The number of rotatable bonds is 2. The van der Waals surface area contributed by atoms with Crippen molar-refractivity contribution in [2.24, 2.45) is 5.41 Å². The maximum absolute atomic E-state index is 13.1. The highest BCUT2D eigenvalue weighted by molar-refractivity contribution is 7.17. The van der Waals surface area contributed by atoms with Gasteiger partial charge >= 0.3 is 0 Å². The van der Waals surface area contributed by atoms with E-state index in [0.29, 0.717) is 23.4 Å². The SMILES string of the molecule is COC1C(O)[N+]([O-])(c2nc3c(s2)C(=O)CC(C)(C)C3)CN1C. The summed E-state index contributed by atoms with van der Waals surface area (Å²) in [6.45, 7) is 4.09. The highest BCUT2D eigenvalue weighted by Gasteiger charge is 2.50. The van der Waals surface area contributed by atoms with Gasteiger partial charge in [-0.05, 0) is 18.9 Å². The van der Waals surface area contributed by atoms with Crippen molar-refractivity contribution in [1.29, 1.82) is 0 Å². The third-order valence-electron chi connectivity index (χ3n) is 4.34. The molecule has 3 unspecified atom stereocenters. The number of aliphatic hydroxyl groups is 1. The van der Waals surface area contributed by atoms with E-state index in [-0.39, 0.29) is 23.0 Å². The van der Waals surface area contributed by atoms with Crippen LogP contribution in [0.1, 0.15) is 35.6 Å². The average molecular weight is 327 g/mol. The fraction of sp³-hybridized carbons (Fsp3) is 0.714. The summed E-state index contributed by atoms with van der Waals surface area (Å²) >= 11 is 1.12. The van der Waals surface area contributed by atoms with Crippen LogP contribution in [-0.2, 0) is 11.2 Å². The van der Waals surface area contributed by atoms with E-state index in [0.717, 1.165) is 11.3 Å². The number of nitrogens with zero attached hydrogens (tertiary/aromatic N) is 3. The highest BCUT2D eigenvalue weighted by atomic mass is 32.1. The molecule has 122 valence electrons. The maximum atomic E-state index is 13.1. The molecule has 3 rings (SSSR count). The number of carbonyl (C=O) groups excluding carboxylic acids is 1. The number of thiazole rings is 1. The Hall–Kier alpha value is -0.900. The summed E-state index contributed by atoms with van der Waals surface area (Å²) in [4.78, 5) is 18.9. The van der Waals surface area contributed by atoms with Crippen LogP contribution < -0.4 is 4.65 Å². The zero-order valence-corrected chi connectivity index (χ0v) is 14.0. The zero-order valence-electron chi connectivity index (χ0n) is 13.2. The molecule has 7 nitrogen and oxygen atoms in total. The van der Waals surface area contributed by atoms with Gasteiger partial charge in [0.25, 0.3) is 5.13 Å². The quantitative estimate of drug-likeness (QED) is 0.651. The monoisotopic (exact) mass is 327 g/mol. The van der Waals surface area contributed by atoms with E-state index in [1.807, 2.05) is 13.8 Å². The number of hydrogen-bond donors (Lipinski definition) is 1. The van der Waals surface area contributed by atoms with Gasteiger partial charge in [0, 0.05) is 13.5 Å². The standard InChI is InChI=1S/C14H21N3O4S/c1-14(2)5-8-10(9(18)6-14)22-13(15-8)17(20)7-16(3)11(21-4)12(17)19/h11-12,19H,5-7H2,1-4H3. The summed E-state index contributed by atoms with van der Waals surface area (Å²) in [7, 11) is 3.18. The summed E-state index contributed by atoms with van der Waals surface area (Å²) in [5.74, 6) is 0.0342. The van der Waals surface area contributed by atoms with Gasteiger partial charge in [0.05, 0.1) is 10.6 Å². The predicted octanol–water partition coefficient (Wildman–Crippen LogP) is 1.30. The molecule has 2 heterocycles. The first-order chi connectivity index (χ1) is 10.2. The van der Waals surface area contributed by atoms with Gasteiger partial charge in [-0.3, -0.25) is 9.44 Å². The van der Waals surface area contributed by atoms with Crippen molar-refractivity contribution in [2.75, 3.05) is 20.8 Å². The summed E-state index contributed by atoms with van der Waals surface area (Å²) in [6.07, 6.45) is -0.815. The van der Waals surface area contributed by atoms with Crippen molar-refractivity contribution in [1.82, 2.24) is 14.5 Å². The van der Waals surface area contributed by atoms with Gasteiger partial charge in [-0.2, -0.15) is 4.98 Å². The van der Waals surface area contributed by atoms with Crippen LogP contribution in [0.4, 0.5) is 5.13 Å². The van der Waals surface area contributed by atoms with Gasteiger partial charge < -0.3 is 15.1 Å². The van der Waals surface area contributed by atoms with Crippen molar-refractivity contribution >= 4 is 22.3 Å². The number of ether oxygens (including phenoxy) is 1. The molecule has 8 heteroatoms. The minimum Gasteiger partial charge on any atom is -0.623 e. The Morgan fingerprint density at radius 3 is 2.77 bits per heavy atom. The molecule has 0 aromatic carbocycles. The molecular formula is C14H21N3O4S. The largest absolute Gasteiger partial charge is 0.623 e. The fourth-order valence-electron chi connectivity index (χ4n) is 3.27. The molecule has 2 aliphatic rings. The number of Topliss-reactive ketones (excluding diaryl/α,β-unsaturated/α-hetero) is 1. The van der Waals surface area contributed by atoms with Crippen LogP contribution in [-0.4, -0.2) is 54.1 Å². The molecule has 1 aliphatic carbocycles. The zero-order chi connectivity index (χ0) is 16.3. The first-order valence-electron chi connectivity index (χ1n) is 7.21. The molecule has 1 saturated heterocycles. The molecule has 22 heavy (non-hydrogen) atoms. The molecule has 0 spiro atoms. The van der Waals surface area contributed by atoms with Gasteiger partial charge in [0.15, 0.2) is 12.0 Å². The molecule has 1 aliphatic heterocycles. The van der Waals surface area contributed by atoms with Crippen molar-refractivity contribution in [3.8, 4) is 0 Å². The summed E-state index contributed by atoms with van der Waals surface area (Å²) in [6, 6.07) is 0. The Bertz CT molecular complexity index is 617. The molecule has 3 atom stereocenters. The minimum absolute atomic E-state index is 0.0342.